The summed E-state index contributed by atoms with van der Waals surface area (Å²) >= 11 is 0. The zero-order chi connectivity index (χ0) is 25.7. The highest BCUT2D eigenvalue weighted by Crippen LogP contribution is 2.29. The van der Waals surface area contributed by atoms with Crippen LogP contribution >= 0.6 is 0 Å². The predicted molar refractivity (Wildman–Crippen MR) is 134 cm³/mol. The molecule has 2 heterocycles. The average Bonchev–Trinajstić information content (AvgIpc) is 2.93. The van der Waals surface area contributed by atoms with Crippen molar-refractivity contribution in [3.8, 4) is 17.2 Å². The van der Waals surface area contributed by atoms with Gasteiger partial charge in [0.25, 0.3) is 5.91 Å². The number of nitrogens with zero attached hydrogens (tertiary/aromatic N) is 3. The molecule has 2 saturated heterocycles. The topological polar surface area (TPSA) is 101 Å². The van der Waals surface area contributed by atoms with Crippen molar-refractivity contribution in [3.63, 3.8) is 0 Å². The predicted octanol–water partition coefficient (Wildman–Crippen LogP) is 1.39. The molecule has 2 aliphatic rings. The van der Waals surface area contributed by atoms with Gasteiger partial charge < -0.3 is 34.2 Å². The molecule has 3 amide bonds. The van der Waals surface area contributed by atoms with Gasteiger partial charge in [-0.25, -0.2) is 0 Å². The lowest BCUT2D eigenvalue weighted by Crippen LogP contribution is -2.59. The summed E-state index contributed by atoms with van der Waals surface area (Å²) in [7, 11) is 4.65. The monoisotopic (exact) mass is 496 g/mol. The van der Waals surface area contributed by atoms with Gasteiger partial charge in [-0.3, -0.25) is 14.4 Å². The molecular weight excluding hydrogens is 464 g/mol. The molecule has 4 rings (SSSR count). The first-order valence-electron chi connectivity index (χ1n) is 11.9. The first-order chi connectivity index (χ1) is 17.4. The number of rotatable bonds is 7. The van der Waals surface area contributed by atoms with Crippen molar-refractivity contribution >= 4 is 23.4 Å². The summed E-state index contributed by atoms with van der Waals surface area (Å²) in [6, 6.07) is 11.8. The Morgan fingerprint density at radius 3 is 2.22 bits per heavy atom. The van der Waals surface area contributed by atoms with E-state index in [1.807, 2.05) is 24.3 Å². The molecule has 0 aliphatic carbocycles. The van der Waals surface area contributed by atoms with Gasteiger partial charge in [-0.05, 0) is 42.5 Å². The van der Waals surface area contributed by atoms with Crippen LogP contribution in [0.4, 0.5) is 5.69 Å². The Hall–Kier alpha value is -3.95. The number of amides is 3. The van der Waals surface area contributed by atoms with Gasteiger partial charge in [-0.15, -0.1) is 0 Å². The highest BCUT2D eigenvalue weighted by Gasteiger charge is 2.37. The van der Waals surface area contributed by atoms with Crippen molar-refractivity contribution in [3.05, 3.63) is 48.0 Å². The van der Waals surface area contributed by atoms with Crippen LogP contribution in [0.25, 0.3) is 0 Å². The van der Waals surface area contributed by atoms with Crippen LogP contribution in [0.3, 0.4) is 0 Å². The lowest BCUT2D eigenvalue weighted by atomic mass is 10.0. The molecule has 0 saturated carbocycles. The van der Waals surface area contributed by atoms with Gasteiger partial charge in [-0.2, -0.15) is 0 Å². The molecule has 2 aromatic carbocycles. The molecule has 2 aromatic rings. The fourth-order valence-corrected chi connectivity index (χ4v) is 4.60. The number of methoxy groups -OCH3 is 3. The number of piperazine rings is 2. The Labute approximate surface area is 210 Å². The van der Waals surface area contributed by atoms with E-state index in [1.165, 1.54) is 19.1 Å². The van der Waals surface area contributed by atoms with Crippen LogP contribution in [-0.4, -0.2) is 94.2 Å². The van der Waals surface area contributed by atoms with Crippen LogP contribution in [0, 0.1) is 0 Å². The van der Waals surface area contributed by atoms with E-state index in [4.69, 9.17) is 14.2 Å². The standard InChI is InChI=1S/C26H32N4O6/c1-34-20-7-5-19(6-8-20)28-12-14-29(15-13-28)24(31)17-21-25(32)27-10-11-30(21)26(33)18-4-9-22(35-2)23(16-18)36-3/h4-9,16,21H,10-15,17H2,1-3H3,(H,27,32)/t21-/m1/s1. The number of hydrogen-bond acceptors (Lipinski definition) is 7. The number of carbonyl (C=O) groups is 3. The molecule has 10 heteroatoms. The minimum Gasteiger partial charge on any atom is -0.497 e. The van der Waals surface area contributed by atoms with Crippen LogP contribution in [0.5, 0.6) is 17.2 Å². The Balaban J connectivity index is 1.41. The Morgan fingerprint density at radius 2 is 1.58 bits per heavy atom. The third-order valence-electron chi connectivity index (χ3n) is 6.66. The van der Waals surface area contributed by atoms with Crippen molar-refractivity contribution in [2.24, 2.45) is 0 Å². The molecule has 0 aromatic heterocycles. The number of nitrogens with one attached hydrogen (secondary N) is 1. The summed E-state index contributed by atoms with van der Waals surface area (Å²) in [5.74, 6) is 0.938. The summed E-state index contributed by atoms with van der Waals surface area (Å²) in [6.45, 7) is 3.11. The van der Waals surface area contributed by atoms with Crippen LogP contribution in [0.2, 0.25) is 0 Å². The molecule has 1 atom stereocenters. The minimum absolute atomic E-state index is 0.0621. The molecule has 2 fully saturated rings. The zero-order valence-corrected chi connectivity index (χ0v) is 20.9. The molecular formula is C26H32N4O6. The molecule has 0 bridgehead atoms. The normalized spacial score (nSPS) is 17.9. The van der Waals surface area contributed by atoms with Crippen molar-refractivity contribution in [2.45, 2.75) is 12.5 Å². The lowest BCUT2D eigenvalue weighted by molar-refractivity contribution is -0.138. The first kappa shape index (κ1) is 25.2. The second-order valence-corrected chi connectivity index (χ2v) is 8.65. The quantitative estimate of drug-likeness (QED) is 0.618. The highest BCUT2D eigenvalue weighted by molar-refractivity contribution is 6.00. The van der Waals surface area contributed by atoms with Crippen LogP contribution in [0.15, 0.2) is 42.5 Å². The average molecular weight is 497 g/mol. The molecule has 2 aliphatic heterocycles. The van der Waals surface area contributed by atoms with Crippen molar-refractivity contribution in [1.82, 2.24) is 15.1 Å². The lowest BCUT2D eigenvalue weighted by Gasteiger charge is -2.39. The third kappa shape index (κ3) is 5.32. The maximum absolute atomic E-state index is 13.3. The number of ether oxygens (including phenoxy) is 3. The second kappa shape index (κ2) is 11.2. The smallest absolute Gasteiger partial charge is 0.254 e. The van der Waals surface area contributed by atoms with Gasteiger partial charge in [-0.1, -0.05) is 0 Å². The van der Waals surface area contributed by atoms with Crippen molar-refractivity contribution in [1.29, 1.82) is 0 Å². The molecule has 0 radical (unpaired) electrons. The van der Waals surface area contributed by atoms with E-state index >= 15 is 0 Å². The first-order valence-corrected chi connectivity index (χ1v) is 11.9. The minimum atomic E-state index is -0.869. The maximum Gasteiger partial charge on any atom is 0.254 e. The highest BCUT2D eigenvalue weighted by atomic mass is 16.5. The molecule has 0 spiro atoms. The van der Waals surface area contributed by atoms with E-state index < -0.39 is 6.04 Å². The largest absolute Gasteiger partial charge is 0.497 e. The fraction of sp³-hybridized carbons (Fsp3) is 0.423. The van der Waals surface area contributed by atoms with Gasteiger partial charge in [0.15, 0.2) is 11.5 Å². The Kier molecular flexibility index (Phi) is 7.82. The third-order valence-corrected chi connectivity index (χ3v) is 6.66. The van der Waals surface area contributed by atoms with Gasteiger partial charge in [0.2, 0.25) is 11.8 Å². The number of anilines is 1. The summed E-state index contributed by atoms with van der Waals surface area (Å²) in [5.41, 5.74) is 1.44. The number of benzene rings is 2. The van der Waals surface area contributed by atoms with Gasteiger partial charge in [0, 0.05) is 50.5 Å². The number of carbonyl (C=O) groups excluding carboxylic acids is 3. The van der Waals surface area contributed by atoms with E-state index in [0.717, 1.165) is 11.4 Å². The zero-order valence-electron chi connectivity index (χ0n) is 20.9. The molecule has 0 unspecified atom stereocenters. The van der Waals surface area contributed by atoms with Gasteiger partial charge >= 0.3 is 0 Å². The Bertz CT molecular complexity index is 1100. The van der Waals surface area contributed by atoms with Crippen LogP contribution < -0.4 is 24.4 Å². The van der Waals surface area contributed by atoms with Crippen LogP contribution in [0.1, 0.15) is 16.8 Å². The summed E-state index contributed by atoms with van der Waals surface area (Å²) in [6.07, 6.45) is -0.0621. The van der Waals surface area contributed by atoms with E-state index in [0.29, 0.717) is 56.3 Å². The summed E-state index contributed by atoms with van der Waals surface area (Å²) < 4.78 is 15.8. The van der Waals surface area contributed by atoms with E-state index in [-0.39, 0.29) is 24.1 Å². The van der Waals surface area contributed by atoms with E-state index in [2.05, 4.69) is 10.2 Å². The maximum atomic E-state index is 13.3. The summed E-state index contributed by atoms with van der Waals surface area (Å²) in [5, 5.41) is 2.79. The fourth-order valence-electron chi connectivity index (χ4n) is 4.60. The van der Waals surface area contributed by atoms with Crippen LogP contribution in [-0.2, 0) is 9.59 Å². The molecule has 192 valence electrons. The van der Waals surface area contributed by atoms with E-state index in [1.54, 1.807) is 30.2 Å². The summed E-state index contributed by atoms with van der Waals surface area (Å²) in [4.78, 5) is 44.7. The second-order valence-electron chi connectivity index (χ2n) is 8.65. The van der Waals surface area contributed by atoms with Gasteiger partial charge in [0.05, 0.1) is 27.8 Å². The molecule has 1 N–H and O–H groups in total. The number of hydrogen-bond donors (Lipinski definition) is 1. The van der Waals surface area contributed by atoms with Crippen molar-refractivity contribution < 1.29 is 28.6 Å². The Morgan fingerprint density at radius 1 is 0.889 bits per heavy atom. The molecule has 36 heavy (non-hydrogen) atoms. The van der Waals surface area contributed by atoms with E-state index in [9.17, 15) is 14.4 Å². The SMILES string of the molecule is COc1ccc(N2CCN(C(=O)C[C@@H]3C(=O)NCCN3C(=O)c3ccc(OC)c(OC)c3)CC2)cc1. The molecule has 10 nitrogen and oxygen atoms in total. The van der Waals surface area contributed by atoms with Crippen molar-refractivity contribution in [2.75, 3.05) is 65.5 Å². The van der Waals surface area contributed by atoms with Gasteiger partial charge in [0.1, 0.15) is 11.8 Å².